The molecule has 7 heteroatoms. The second-order valence-corrected chi connectivity index (χ2v) is 4.44. The number of benzene rings is 1. The van der Waals surface area contributed by atoms with E-state index in [0.717, 1.165) is 5.56 Å². The molecule has 0 saturated carbocycles. The van der Waals surface area contributed by atoms with Gasteiger partial charge in [-0.05, 0) is 19.1 Å². The minimum Gasteiger partial charge on any atom is -0.477 e. The summed E-state index contributed by atoms with van der Waals surface area (Å²) < 4.78 is 26.9. The van der Waals surface area contributed by atoms with Crippen LogP contribution in [0.3, 0.4) is 0 Å². The number of carbonyl (C=O) groups is 1. The maximum Gasteiger partial charge on any atom is 0.358 e. The van der Waals surface area contributed by atoms with E-state index in [4.69, 9.17) is 5.11 Å². The Hall–Kier alpha value is -1.89. The van der Waals surface area contributed by atoms with Gasteiger partial charge in [-0.2, -0.15) is 8.42 Å². The van der Waals surface area contributed by atoms with Crippen LogP contribution in [-0.4, -0.2) is 25.7 Å². The zero-order chi connectivity index (χ0) is 12.2. The molecule has 0 amide bonds. The molecule has 1 rings (SSSR count). The Bertz CT molecular complexity index is 503. The number of oxime groups is 1. The normalized spacial score (nSPS) is 11.6. The fourth-order valence-electron chi connectivity index (χ4n) is 0.871. The van der Waals surface area contributed by atoms with Crippen LogP contribution in [-0.2, 0) is 19.2 Å². The predicted molar refractivity (Wildman–Crippen MR) is 55.6 cm³/mol. The van der Waals surface area contributed by atoms with E-state index in [2.05, 4.69) is 9.44 Å². The largest absolute Gasteiger partial charge is 0.477 e. The number of rotatable bonds is 4. The Morgan fingerprint density at radius 2 is 1.94 bits per heavy atom. The Kier molecular flexibility index (Phi) is 3.62. The van der Waals surface area contributed by atoms with Gasteiger partial charge in [0.2, 0.25) is 0 Å². The molecule has 0 aromatic heterocycles. The summed E-state index contributed by atoms with van der Waals surface area (Å²) in [5, 5.41) is 11.0. The molecule has 0 fully saturated rings. The zero-order valence-corrected chi connectivity index (χ0v) is 9.14. The summed E-state index contributed by atoms with van der Waals surface area (Å²) >= 11 is 0. The van der Waals surface area contributed by atoms with Crippen LogP contribution in [0.25, 0.3) is 0 Å². The Morgan fingerprint density at radius 3 is 2.44 bits per heavy atom. The minimum atomic E-state index is -4.03. The van der Waals surface area contributed by atoms with Gasteiger partial charge in [0, 0.05) is 0 Å². The lowest BCUT2D eigenvalue weighted by Crippen LogP contribution is -2.04. The maximum atomic E-state index is 11.4. The van der Waals surface area contributed by atoms with Crippen LogP contribution in [0, 0.1) is 6.92 Å². The van der Waals surface area contributed by atoms with E-state index < -0.39 is 16.1 Å². The van der Waals surface area contributed by atoms with Crippen molar-refractivity contribution in [3.8, 4) is 0 Å². The van der Waals surface area contributed by atoms with Gasteiger partial charge >= 0.3 is 16.1 Å². The zero-order valence-electron chi connectivity index (χ0n) is 8.32. The van der Waals surface area contributed by atoms with Crippen LogP contribution in [0.15, 0.2) is 34.3 Å². The summed E-state index contributed by atoms with van der Waals surface area (Å²) in [4.78, 5) is 9.96. The molecular formula is C9H9NO5S. The molecule has 0 heterocycles. The molecular weight excluding hydrogens is 234 g/mol. The van der Waals surface area contributed by atoms with Gasteiger partial charge in [0.05, 0.1) is 0 Å². The van der Waals surface area contributed by atoms with Gasteiger partial charge in [-0.1, -0.05) is 22.9 Å². The lowest BCUT2D eigenvalue weighted by Gasteiger charge is -2.00. The van der Waals surface area contributed by atoms with Crippen LogP contribution in [0.5, 0.6) is 0 Å². The molecule has 1 aromatic rings. The van der Waals surface area contributed by atoms with Crippen LogP contribution < -0.4 is 0 Å². The van der Waals surface area contributed by atoms with Crippen molar-refractivity contribution in [2.24, 2.45) is 5.16 Å². The Balaban J connectivity index is 2.86. The van der Waals surface area contributed by atoms with E-state index in [1.54, 1.807) is 19.1 Å². The van der Waals surface area contributed by atoms with Gasteiger partial charge in [0.1, 0.15) is 4.90 Å². The molecule has 1 aromatic carbocycles. The number of aryl methyl sites for hydroxylation is 1. The van der Waals surface area contributed by atoms with Crippen LogP contribution >= 0.6 is 0 Å². The molecule has 0 saturated heterocycles. The topological polar surface area (TPSA) is 93.0 Å². The molecule has 0 atom stereocenters. The monoisotopic (exact) mass is 243 g/mol. The van der Waals surface area contributed by atoms with E-state index in [-0.39, 0.29) is 4.90 Å². The van der Waals surface area contributed by atoms with Crippen molar-refractivity contribution in [1.29, 1.82) is 0 Å². The molecule has 0 aliphatic carbocycles. The number of aliphatic carboxylic acids is 1. The Morgan fingerprint density at radius 1 is 1.38 bits per heavy atom. The lowest BCUT2D eigenvalue weighted by atomic mass is 10.2. The molecule has 0 spiro atoms. The van der Waals surface area contributed by atoms with Gasteiger partial charge in [-0.25, -0.2) is 4.79 Å². The van der Waals surface area contributed by atoms with Gasteiger partial charge in [-0.15, -0.1) is 0 Å². The quantitative estimate of drug-likeness (QED) is 0.622. The van der Waals surface area contributed by atoms with Crippen molar-refractivity contribution in [1.82, 2.24) is 0 Å². The smallest absolute Gasteiger partial charge is 0.358 e. The standard InChI is InChI=1S/C9H9NO5S/c1-7-2-4-8(5-3-7)16(13,14)15-10-6-9(11)12/h2-6H,1H3,(H,11,12). The molecule has 0 unspecified atom stereocenters. The molecule has 0 bridgehead atoms. The summed E-state index contributed by atoms with van der Waals surface area (Å²) in [6.07, 6.45) is 0.353. The SMILES string of the molecule is Cc1ccc(S(=O)(=O)ON=CC(=O)O)cc1. The average Bonchev–Trinajstić information content (AvgIpc) is 2.17. The fourth-order valence-corrected chi connectivity index (χ4v) is 1.58. The summed E-state index contributed by atoms with van der Waals surface area (Å²) in [6, 6.07) is 5.89. The number of nitrogens with zero attached hydrogens (tertiary/aromatic N) is 1. The number of hydrogen-bond acceptors (Lipinski definition) is 5. The van der Waals surface area contributed by atoms with Crippen molar-refractivity contribution >= 4 is 22.3 Å². The third kappa shape index (κ3) is 3.35. The van der Waals surface area contributed by atoms with E-state index in [1.165, 1.54) is 12.1 Å². The average molecular weight is 243 g/mol. The van der Waals surface area contributed by atoms with Crippen molar-refractivity contribution < 1.29 is 22.6 Å². The van der Waals surface area contributed by atoms with Crippen molar-refractivity contribution in [2.45, 2.75) is 11.8 Å². The highest BCUT2D eigenvalue weighted by Gasteiger charge is 2.14. The van der Waals surface area contributed by atoms with Crippen molar-refractivity contribution in [2.75, 3.05) is 0 Å². The second kappa shape index (κ2) is 4.75. The molecule has 0 aliphatic heterocycles. The molecule has 86 valence electrons. The predicted octanol–water partition coefficient (Wildman–Crippen LogP) is 0.771. The molecule has 1 N–H and O–H groups in total. The third-order valence-electron chi connectivity index (χ3n) is 1.61. The highest BCUT2D eigenvalue weighted by Crippen LogP contribution is 2.12. The van der Waals surface area contributed by atoms with Crippen LogP contribution in [0.4, 0.5) is 0 Å². The molecule has 0 aliphatic rings. The van der Waals surface area contributed by atoms with Gasteiger partial charge < -0.3 is 5.11 Å². The third-order valence-corrected chi connectivity index (χ3v) is 2.75. The van der Waals surface area contributed by atoms with E-state index >= 15 is 0 Å². The van der Waals surface area contributed by atoms with Crippen molar-refractivity contribution in [3.05, 3.63) is 29.8 Å². The van der Waals surface area contributed by atoms with E-state index in [0.29, 0.717) is 6.21 Å². The van der Waals surface area contributed by atoms with E-state index in [9.17, 15) is 13.2 Å². The molecule has 6 nitrogen and oxygen atoms in total. The van der Waals surface area contributed by atoms with Gasteiger partial charge in [0.25, 0.3) is 0 Å². The molecule has 0 radical (unpaired) electrons. The Labute approximate surface area is 92.3 Å². The summed E-state index contributed by atoms with van der Waals surface area (Å²) in [7, 11) is -4.03. The number of carboxylic acid groups (broad SMARTS) is 1. The summed E-state index contributed by atoms with van der Waals surface area (Å²) in [6.45, 7) is 1.81. The van der Waals surface area contributed by atoms with Gasteiger partial charge in [0.15, 0.2) is 6.21 Å². The lowest BCUT2D eigenvalue weighted by molar-refractivity contribution is -0.128. The van der Waals surface area contributed by atoms with Crippen molar-refractivity contribution in [3.63, 3.8) is 0 Å². The number of carboxylic acids is 1. The summed E-state index contributed by atoms with van der Waals surface area (Å²) in [5.41, 5.74) is 0.896. The first-order chi connectivity index (χ1) is 7.42. The van der Waals surface area contributed by atoms with Crippen LogP contribution in [0.2, 0.25) is 0 Å². The highest BCUT2D eigenvalue weighted by molar-refractivity contribution is 7.86. The van der Waals surface area contributed by atoms with Gasteiger partial charge in [-0.3, -0.25) is 4.28 Å². The fraction of sp³-hybridized carbons (Fsp3) is 0.111. The summed E-state index contributed by atoms with van der Waals surface area (Å²) in [5.74, 6) is -1.39. The highest BCUT2D eigenvalue weighted by atomic mass is 32.2. The van der Waals surface area contributed by atoms with E-state index in [1.807, 2.05) is 0 Å². The van der Waals surface area contributed by atoms with Crippen LogP contribution in [0.1, 0.15) is 5.56 Å². The first-order valence-corrected chi connectivity index (χ1v) is 5.59. The second-order valence-electron chi connectivity index (χ2n) is 2.91. The molecule has 16 heavy (non-hydrogen) atoms. The first-order valence-electron chi connectivity index (χ1n) is 4.18. The minimum absolute atomic E-state index is 0.0827. The maximum absolute atomic E-state index is 11.4. The first kappa shape index (κ1) is 12.2. The number of hydrogen-bond donors (Lipinski definition) is 1.